The van der Waals surface area contributed by atoms with Crippen LogP contribution in [-0.2, 0) is 4.79 Å². The van der Waals surface area contributed by atoms with E-state index < -0.39 is 0 Å². The van der Waals surface area contributed by atoms with Crippen LogP contribution in [0.2, 0.25) is 0 Å². The van der Waals surface area contributed by atoms with E-state index in [1.165, 1.54) is 25.7 Å². The van der Waals surface area contributed by atoms with Crippen LogP contribution in [0.4, 0.5) is 0 Å². The van der Waals surface area contributed by atoms with E-state index in [0.717, 1.165) is 19.5 Å². The van der Waals surface area contributed by atoms with Gasteiger partial charge in [0, 0.05) is 24.7 Å². The van der Waals surface area contributed by atoms with Crippen LogP contribution in [0.15, 0.2) is 0 Å². The lowest BCUT2D eigenvalue weighted by Crippen LogP contribution is -2.54. The number of nitrogens with one attached hydrogen (secondary N) is 2. The number of piperidine rings is 1. The van der Waals surface area contributed by atoms with Crippen LogP contribution in [0.5, 0.6) is 0 Å². The molecule has 2 aliphatic rings. The molecule has 4 heteroatoms. The zero-order chi connectivity index (χ0) is 13.8. The predicted octanol–water partition coefficient (Wildman–Crippen LogP) is 1.51. The average molecular weight is 267 g/mol. The average Bonchev–Trinajstić information content (AvgIpc) is 2.75. The van der Waals surface area contributed by atoms with Crippen LogP contribution in [0.3, 0.4) is 0 Å². The first-order chi connectivity index (χ1) is 9.15. The number of carbonyl (C=O) groups excluding carboxylic acids is 1. The third kappa shape index (κ3) is 3.48. The summed E-state index contributed by atoms with van der Waals surface area (Å²) in [7, 11) is 0. The third-order valence-corrected chi connectivity index (χ3v) is 4.71. The largest absolute Gasteiger partial charge is 0.355 e. The van der Waals surface area contributed by atoms with E-state index in [1.807, 2.05) is 0 Å². The number of fused-ring (bicyclic) bond motifs is 2. The zero-order valence-corrected chi connectivity index (χ0v) is 12.6. The van der Waals surface area contributed by atoms with E-state index in [9.17, 15) is 4.79 Å². The Morgan fingerprint density at radius 2 is 1.95 bits per heavy atom. The van der Waals surface area contributed by atoms with Gasteiger partial charge in [-0.1, -0.05) is 13.8 Å². The van der Waals surface area contributed by atoms with Crippen LogP contribution >= 0.6 is 0 Å². The molecule has 0 saturated carbocycles. The van der Waals surface area contributed by atoms with Crippen LogP contribution in [0.25, 0.3) is 0 Å². The molecule has 2 saturated heterocycles. The van der Waals surface area contributed by atoms with Crippen molar-refractivity contribution in [2.75, 3.05) is 13.1 Å². The normalized spacial score (nSPS) is 31.5. The Hall–Kier alpha value is -0.610. The Morgan fingerprint density at radius 1 is 1.32 bits per heavy atom. The first-order valence-corrected chi connectivity index (χ1v) is 7.95. The van der Waals surface area contributed by atoms with Gasteiger partial charge in [0.25, 0.3) is 0 Å². The molecular weight excluding hydrogens is 238 g/mol. The number of hydrogen-bond acceptors (Lipinski definition) is 3. The maximum absolute atomic E-state index is 12.2. The quantitative estimate of drug-likeness (QED) is 0.766. The zero-order valence-electron chi connectivity index (χ0n) is 12.6. The van der Waals surface area contributed by atoms with Gasteiger partial charge in [-0.15, -0.1) is 0 Å². The molecule has 2 N–H and O–H groups in total. The lowest BCUT2D eigenvalue weighted by atomic mass is 9.96. The molecule has 110 valence electrons. The summed E-state index contributed by atoms with van der Waals surface area (Å²) in [5.41, 5.74) is 0. The second-order valence-corrected chi connectivity index (χ2v) is 6.06. The topological polar surface area (TPSA) is 44.4 Å². The van der Waals surface area contributed by atoms with E-state index in [0.29, 0.717) is 18.1 Å². The van der Waals surface area contributed by atoms with Crippen molar-refractivity contribution in [3.8, 4) is 0 Å². The SMILES string of the molecule is CCCNC(=O)C(C)N(CC)C1CC2CCC(C1)N2. The Kier molecular flexibility index (Phi) is 5.22. The van der Waals surface area contributed by atoms with Gasteiger partial charge in [0.2, 0.25) is 5.91 Å². The summed E-state index contributed by atoms with van der Waals surface area (Å²) in [5.74, 6) is 0.189. The molecule has 2 heterocycles. The van der Waals surface area contributed by atoms with Gasteiger partial charge in [0.05, 0.1) is 6.04 Å². The molecule has 2 bridgehead atoms. The molecule has 1 amide bonds. The van der Waals surface area contributed by atoms with Crippen LogP contribution in [0, 0.1) is 0 Å². The van der Waals surface area contributed by atoms with Gasteiger partial charge in [-0.25, -0.2) is 0 Å². The maximum atomic E-state index is 12.2. The maximum Gasteiger partial charge on any atom is 0.237 e. The number of hydrogen-bond donors (Lipinski definition) is 2. The first kappa shape index (κ1) is 14.8. The molecule has 0 aromatic heterocycles. The summed E-state index contributed by atoms with van der Waals surface area (Å²) in [6, 6.07) is 1.94. The van der Waals surface area contributed by atoms with Crippen molar-refractivity contribution < 1.29 is 4.79 Å². The molecule has 19 heavy (non-hydrogen) atoms. The summed E-state index contributed by atoms with van der Waals surface area (Å²) in [5, 5.41) is 6.70. The van der Waals surface area contributed by atoms with Crippen molar-refractivity contribution in [1.29, 1.82) is 0 Å². The molecule has 0 radical (unpaired) electrons. The smallest absolute Gasteiger partial charge is 0.237 e. The number of amides is 1. The molecule has 0 aromatic carbocycles. The molecule has 3 unspecified atom stereocenters. The molecule has 0 aliphatic carbocycles. The van der Waals surface area contributed by atoms with Crippen molar-refractivity contribution in [3.63, 3.8) is 0 Å². The summed E-state index contributed by atoms with van der Waals surface area (Å²) in [4.78, 5) is 14.6. The Bertz CT molecular complexity index is 296. The Labute approximate surface area is 117 Å². The van der Waals surface area contributed by atoms with Gasteiger partial charge in [-0.2, -0.15) is 0 Å². The van der Waals surface area contributed by atoms with Gasteiger partial charge < -0.3 is 10.6 Å². The molecule has 4 nitrogen and oxygen atoms in total. The molecular formula is C15H29N3O. The lowest BCUT2D eigenvalue weighted by molar-refractivity contribution is -0.127. The van der Waals surface area contributed by atoms with Crippen molar-refractivity contribution >= 4 is 5.91 Å². The number of rotatable bonds is 6. The second-order valence-electron chi connectivity index (χ2n) is 6.06. The summed E-state index contributed by atoms with van der Waals surface area (Å²) < 4.78 is 0. The predicted molar refractivity (Wildman–Crippen MR) is 78.1 cm³/mol. The number of nitrogens with zero attached hydrogens (tertiary/aromatic N) is 1. The minimum absolute atomic E-state index is 0.000880. The van der Waals surface area contributed by atoms with Crippen LogP contribution in [0.1, 0.15) is 52.9 Å². The van der Waals surface area contributed by atoms with Crippen LogP contribution in [-0.4, -0.2) is 48.1 Å². The Morgan fingerprint density at radius 3 is 2.47 bits per heavy atom. The molecule has 2 aliphatic heterocycles. The first-order valence-electron chi connectivity index (χ1n) is 7.95. The summed E-state index contributed by atoms with van der Waals surface area (Å²) >= 11 is 0. The fraction of sp³-hybridized carbons (Fsp3) is 0.933. The van der Waals surface area contributed by atoms with Gasteiger partial charge in [0.15, 0.2) is 0 Å². The second kappa shape index (κ2) is 6.71. The molecule has 2 rings (SSSR count). The highest BCUT2D eigenvalue weighted by Gasteiger charge is 2.37. The highest BCUT2D eigenvalue weighted by atomic mass is 16.2. The van der Waals surface area contributed by atoms with Gasteiger partial charge in [-0.05, 0) is 45.6 Å². The van der Waals surface area contributed by atoms with E-state index in [4.69, 9.17) is 0 Å². The highest BCUT2D eigenvalue weighted by Crippen LogP contribution is 2.30. The van der Waals surface area contributed by atoms with Gasteiger partial charge in [0.1, 0.15) is 0 Å². The monoisotopic (exact) mass is 267 g/mol. The summed E-state index contributed by atoms with van der Waals surface area (Å²) in [6.07, 6.45) is 6.04. The van der Waals surface area contributed by atoms with E-state index >= 15 is 0 Å². The van der Waals surface area contributed by atoms with Crippen molar-refractivity contribution in [1.82, 2.24) is 15.5 Å². The van der Waals surface area contributed by atoms with Crippen molar-refractivity contribution in [3.05, 3.63) is 0 Å². The standard InChI is InChI=1S/C15H29N3O/c1-4-8-16-15(19)11(3)18(5-2)14-9-12-6-7-13(10-14)17-12/h11-14,17H,4-10H2,1-3H3,(H,16,19). The number of carbonyl (C=O) groups is 1. The fourth-order valence-electron chi connectivity index (χ4n) is 3.69. The van der Waals surface area contributed by atoms with E-state index in [2.05, 4.69) is 36.3 Å². The molecule has 0 aromatic rings. The lowest BCUT2D eigenvalue weighted by Gasteiger charge is -2.40. The minimum Gasteiger partial charge on any atom is -0.355 e. The highest BCUT2D eigenvalue weighted by molar-refractivity contribution is 5.81. The van der Waals surface area contributed by atoms with Gasteiger partial charge >= 0.3 is 0 Å². The number of likely N-dealkylation sites (N-methyl/N-ethyl adjacent to an activating group) is 1. The van der Waals surface area contributed by atoms with Gasteiger partial charge in [-0.3, -0.25) is 9.69 Å². The molecule has 0 spiro atoms. The molecule has 2 fully saturated rings. The minimum atomic E-state index is -0.000880. The van der Waals surface area contributed by atoms with Crippen LogP contribution < -0.4 is 10.6 Å². The van der Waals surface area contributed by atoms with Crippen molar-refractivity contribution in [2.24, 2.45) is 0 Å². The van der Waals surface area contributed by atoms with Crippen molar-refractivity contribution in [2.45, 2.75) is 77.0 Å². The molecule has 3 atom stereocenters. The fourth-order valence-corrected chi connectivity index (χ4v) is 3.69. The van der Waals surface area contributed by atoms with E-state index in [-0.39, 0.29) is 11.9 Å². The van der Waals surface area contributed by atoms with E-state index in [1.54, 1.807) is 0 Å². The summed E-state index contributed by atoms with van der Waals surface area (Å²) in [6.45, 7) is 8.07. The Balaban J connectivity index is 1.93. The third-order valence-electron chi connectivity index (χ3n) is 4.71.